The van der Waals surface area contributed by atoms with Gasteiger partial charge in [-0.2, -0.15) is 13.2 Å². The monoisotopic (exact) mass is 212 g/mol. The molecule has 0 aliphatic heterocycles. The largest absolute Gasteiger partial charge is 0.411 e. The van der Waals surface area contributed by atoms with Crippen LogP contribution in [0.2, 0.25) is 0 Å². The van der Waals surface area contributed by atoms with Gasteiger partial charge in [0, 0.05) is 0 Å². The maximum Gasteiger partial charge on any atom is 0.411 e. The molecule has 0 N–H and O–H groups in total. The molecule has 0 saturated heterocycles. The molecule has 0 aromatic carbocycles. The van der Waals surface area contributed by atoms with Crippen LogP contribution in [0, 0.1) is 11.8 Å². The third-order valence-corrected chi connectivity index (χ3v) is 3.17. The van der Waals surface area contributed by atoms with E-state index in [1.165, 1.54) is 0 Å². The maximum atomic E-state index is 13.0. The first-order chi connectivity index (χ1) is 6.46. The summed E-state index contributed by atoms with van der Waals surface area (Å²) in [6, 6.07) is 0. The van der Waals surface area contributed by atoms with Crippen molar-refractivity contribution in [2.45, 2.75) is 37.7 Å². The summed E-state index contributed by atoms with van der Waals surface area (Å²) in [4.78, 5) is 0. The summed E-state index contributed by atoms with van der Waals surface area (Å²) in [5.41, 5.74) is 0. The standard InChI is InChI=1S/C9H12F4O/c10-7-2-6-1-5(7)3-8(6)14-4-9(11,12)13/h5-8H,1-4H2/t5-,6-,7-,8+/m1/s1. The Morgan fingerprint density at radius 3 is 2.21 bits per heavy atom. The number of ether oxygens (including phenoxy) is 1. The number of fused-ring (bicyclic) bond motifs is 2. The molecule has 0 spiro atoms. The molecule has 82 valence electrons. The average Bonchev–Trinajstić information content (AvgIpc) is 2.57. The van der Waals surface area contributed by atoms with Crippen LogP contribution in [-0.2, 0) is 4.74 Å². The van der Waals surface area contributed by atoms with Gasteiger partial charge < -0.3 is 4.74 Å². The molecule has 2 aliphatic carbocycles. The molecule has 2 aliphatic rings. The highest BCUT2D eigenvalue weighted by Gasteiger charge is 2.47. The lowest BCUT2D eigenvalue weighted by atomic mass is 9.96. The number of alkyl halides is 4. The van der Waals surface area contributed by atoms with Gasteiger partial charge in [-0.15, -0.1) is 0 Å². The highest BCUT2D eigenvalue weighted by atomic mass is 19.4. The SMILES string of the molecule is F[C@@H]1C[C@H]2C[C@@H]1C[C@@H]2OCC(F)(F)F. The second-order valence-corrected chi connectivity index (χ2v) is 4.21. The van der Waals surface area contributed by atoms with Crippen molar-refractivity contribution in [2.75, 3.05) is 6.61 Å². The quantitative estimate of drug-likeness (QED) is 0.639. The Balaban J connectivity index is 1.80. The van der Waals surface area contributed by atoms with Gasteiger partial charge in [0.2, 0.25) is 0 Å². The van der Waals surface area contributed by atoms with Gasteiger partial charge in [-0.3, -0.25) is 0 Å². The third-order valence-electron chi connectivity index (χ3n) is 3.17. The van der Waals surface area contributed by atoms with E-state index in [1.54, 1.807) is 0 Å². The second kappa shape index (κ2) is 3.36. The Kier molecular flexibility index (Phi) is 2.45. The first-order valence-electron chi connectivity index (χ1n) is 4.78. The Morgan fingerprint density at radius 1 is 1.07 bits per heavy atom. The molecule has 2 bridgehead atoms. The first-order valence-corrected chi connectivity index (χ1v) is 4.78. The van der Waals surface area contributed by atoms with Gasteiger partial charge in [0.15, 0.2) is 0 Å². The van der Waals surface area contributed by atoms with Crippen LogP contribution in [0.3, 0.4) is 0 Å². The Labute approximate surface area is 79.4 Å². The molecule has 1 nitrogen and oxygen atoms in total. The molecule has 2 rings (SSSR count). The number of rotatable bonds is 2. The highest BCUT2D eigenvalue weighted by molar-refractivity contribution is 4.96. The molecule has 0 aromatic rings. The highest BCUT2D eigenvalue weighted by Crippen LogP contribution is 2.47. The predicted octanol–water partition coefficient (Wildman–Crippen LogP) is 2.70. The Hall–Kier alpha value is -0.320. The van der Waals surface area contributed by atoms with Crippen LogP contribution in [0.15, 0.2) is 0 Å². The zero-order valence-corrected chi connectivity index (χ0v) is 7.56. The van der Waals surface area contributed by atoms with Crippen molar-refractivity contribution < 1.29 is 22.3 Å². The molecule has 5 heteroatoms. The van der Waals surface area contributed by atoms with Crippen molar-refractivity contribution in [3.63, 3.8) is 0 Å². The predicted molar refractivity (Wildman–Crippen MR) is 41.5 cm³/mol. The van der Waals surface area contributed by atoms with Crippen LogP contribution in [0.1, 0.15) is 19.3 Å². The molecular formula is C9H12F4O. The van der Waals surface area contributed by atoms with Crippen LogP contribution in [0.25, 0.3) is 0 Å². The van der Waals surface area contributed by atoms with Gasteiger partial charge in [-0.05, 0) is 31.1 Å². The van der Waals surface area contributed by atoms with Crippen molar-refractivity contribution in [1.82, 2.24) is 0 Å². The minimum absolute atomic E-state index is 0.0114. The molecule has 0 aromatic heterocycles. The van der Waals surface area contributed by atoms with E-state index in [0.717, 1.165) is 0 Å². The topological polar surface area (TPSA) is 9.23 Å². The van der Waals surface area contributed by atoms with Gasteiger partial charge in [0.1, 0.15) is 12.8 Å². The molecule has 14 heavy (non-hydrogen) atoms. The fourth-order valence-electron chi connectivity index (χ4n) is 2.56. The van der Waals surface area contributed by atoms with E-state index in [0.29, 0.717) is 19.3 Å². The summed E-state index contributed by atoms with van der Waals surface area (Å²) < 4.78 is 53.2. The van der Waals surface area contributed by atoms with Gasteiger partial charge in [0.05, 0.1) is 6.10 Å². The minimum atomic E-state index is -4.27. The van der Waals surface area contributed by atoms with E-state index in [-0.39, 0.29) is 17.9 Å². The molecule has 2 saturated carbocycles. The van der Waals surface area contributed by atoms with Crippen molar-refractivity contribution in [3.8, 4) is 0 Å². The van der Waals surface area contributed by atoms with Crippen molar-refractivity contribution in [2.24, 2.45) is 11.8 Å². The van der Waals surface area contributed by atoms with E-state index in [4.69, 9.17) is 4.74 Å². The normalized spacial score (nSPS) is 42.0. The number of hydrogen-bond acceptors (Lipinski definition) is 1. The van der Waals surface area contributed by atoms with Crippen molar-refractivity contribution >= 4 is 0 Å². The average molecular weight is 212 g/mol. The van der Waals surface area contributed by atoms with Gasteiger partial charge in [-0.25, -0.2) is 4.39 Å². The van der Waals surface area contributed by atoms with Crippen molar-refractivity contribution in [1.29, 1.82) is 0 Å². The molecule has 0 unspecified atom stereocenters. The molecule has 2 fully saturated rings. The molecule has 4 atom stereocenters. The Bertz CT molecular complexity index is 213. The van der Waals surface area contributed by atoms with Gasteiger partial charge >= 0.3 is 6.18 Å². The lowest BCUT2D eigenvalue weighted by molar-refractivity contribution is -0.190. The summed E-state index contributed by atoms with van der Waals surface area (Å²) in [6.45, 7) is -1.20. The maximum absolute atomic E-state index is 13.0. The zero-order valence-electron chi connectivity index (χ0n) is 7.56. The summed E-state index contributed by atoms with van der Waals surface area (Å²) in [5.74, 6) is -0.0458. The molecular weight excluding hydrogens is 200 g/mol. The van der Waals surface area contributed by atoms with Crippen LogP contribution in [0.4, 0.5) is 17.6 Å². The fraction of sp³-hybridized carbons (Fsp3) is 1.00. The van der Waals surface area contributed by atoms with Crippen LogP contribution in [0.5, 0.6) is 0 Å². The Morgan fingerprint density at radius 2 is 1.79 bits per heavy atom. The number of hydrogen-bond donors (Lipinski definition) is 0. The lowest BCUT2D eigenvalue weighted by Gasteiger charge is -2.24. The minimum Gasteiger partial charge on any atom is -0.369 e. The molecule has 0 heterocycles. The summed E-state index contributed by atoms with van der Waals surface area (Å²) in [5, 5.41) is 0. The van der Waals surface area contributed by atoms with E-state index in [9.17, 15) is 17.6 Å². The van der Waals surface area contributed by atoms with Crippen LogP contribution >= 0.6 is 0 Å². The van der Waals surface area contributed by atoms with Crippen LogP contribution < -0.4 is 0 Å². The third kappa shape index (κ3) is 2.02. The summed E-state index contributed by atoms with van der Waals surface area (Å²) in [7, 11) is 0. The first kappa shape index (κ1) is 10.2. The van der Waals surface area contributed by atoms with E-state index in [2.05, 4.69) is 0 Å². The lowest BCUT2D eigenvalue weighted by Crippen LogP contribution is -2.29. The van der Waals surface area contributed by atoms with E-state index >= 15 is 0 Å². The van der Waals surface area contributed by atoms with Crippen molar-refractivity contribution in [3.05, 3.63) is 0 Å². The summed E-state index contributed by atoms with van der Waals surface area (Å²) >= 11 is 0. The molecule has 0 amide bonds. The fourth-order valence-corrected chi connectivity index (χ4v) is 2.56. The van der Waals surface area contributed by atoms with E-state index < -0.39 is 19.0 Å². The van der Waals surface area contributed by atoms with E-state index in [1.807, 2.05) is 0 Å². The number of halogens is 4. The zero-order chi connectivity index (χ0) is 10.3. The second-order valence-electron chi connectivity index (χ2n) is 4.21. The molecule has 0 radical (unpaired) electrons. The van der Waals surface area contributed by atoms with Gasteiger partial charge in [0.25, 0.3) is 0 Å². The van der Waals surface area contributed by atoms with Crippen LogP contribution in [-0.4, -0.2) is 25.1 Å². The summed E-state index contributed by atoms with van der Waals surface area (Å²) in [6.07, 6.45) is -3.91. The van der Waals surface area contributed by atoms with Gasteiger partial charge in [-0.1, -0.05) is 0 Å². The smallest absolute Gasteiger partial charge is 0.369 e.